The summed E-state index contributed by atoms with van der Waals surface area (Å²) in [5.74, 6) is 0. The van der Waals surface area contributed by atoms with Crippen LogP contribution in [-0.2, 0) is 0 Å². The molecular weight excluding hydrogens is 583 g/mol. The van der Waals surface area contributed by atoms with E-state index in [0.29, 0.717) is 0 Å². The number of hydrogen-bond acceptors (Lipinski definition) is 2. The molecule has 0 aliphatic rings. The van der Waals surface area contributed by atoms with Crippen molar-refractivity contribution < 1.29 is 4.42 Å². The molecule has 0 radical (unpaired) electrons. The molecule has 0 amide bonds. The average Bonchev–Trinajstić information content (AvgIpc) is 3.55. The van der Waals surface area contributed by atoms with E-state index in [1.165, 1.54) is 48.8 Å². The Balaban J connectivity index is 1.31. The van der Waals surface area contributed by atoms with Gasteiger partial charge in [-0.3, -0.25) is 0 Å². The topological polar surface area (TPSA) is 16.4 Å². The Morgan fingerprint density at radius 2 is 0.979 bits per heavy atom. The van der Waals surface area contributed by atoms with Crippen molar-refractivity contribution in [2.75, 3.05) is 4.90 Å². The zero-order valence-electron chi connectivity index (χ0n) is 26.1. The van der Waals surface area contributed by atoms with Gasteiger partial charge < -0.3 is 9.32 Å². The van der Waals surface area contributed by atoms with E-state index in [1.807, 2.05) is 0 Å². The lowest BCUT2D eigenvalue weighted by molar-refractivity contribution is 0.672. The third-order valence-corrected chi connectivity index (χ3v) is 9.80. The number of furan rings is 1. The van der Waals surface area contributed by atoms with Gasteiger partial charge in [0.05, 0.1) is 16.8 Å². The van der Waals surface area contributed by atoms with E-state index in [9.17, 15) is 0 Å². The minimum Gasteiger partial charge on any atom is -0.455 e. The highest BCUT2D eigenvalue weighted by Crippen LogP contribution is 2.47. The van der Waals surface area contributed by atoms with Gasteiger partial charge in [0, 0.05) is 21.8 Å². The molecule has 0 aliphatic carbocycles. The molecule has 0 atom stereocenters. The lowest BCUT2D eigenvalue weighted by Crippen LogP contribution is -2.11. The summed E-state index contributed by atoms with van der Waals surface area (Å²) < 4.78 is 6.69. The molecule has 0 aliphatic heterocycles. The molecule has 1 heterocycles. The molecule has 0 fully saturated rings. The van der Waals surface area contributed by atoms with E-state index < -0.39 is 0 Å². The van der Waals surface area contributed by atoms with E-state index in [2.05, 4.69) is 181 Å². The molecule has 224 valence electrons. The smallest absolute Gasteiger partial charge is 0.143 e. The first-order chi connectivity index (χ1) is 23.8. The van der Waals surface area contributed by atoms with Crippen molar-refractivity contribution >= 4 is 82.1 Å². The van der Waals surface area contributed by atoms with E-state index in [0.717, 1.165) is 44.4 Å². The molecule has 10 aromatic rings. The van der Waals surface area contributed by atoms with Gasteiger partial charge in [-0.15, -0.1) is 0 Å². The quantitative estimate of drug-likeness (QED) is 0.184. The molecule has 0 bridgehead atoms. The highest BCUT2D eigenvalue weighted by atomic mass is 16.3. The summed E-state index contributed by atoms with van der Waals surface area (Å²) in [5, 5.41) is 12.0. The number of anilines is 3. The van der Waals surface area contributed by atoms with Gasteiger partial charge >= 0.3 is 0 Å². The highest BCUT2D eigenvalue weighted by molar-refractivity contribution is 6.24. The second kappa shape index (κ2) is 10.6. The number of hydrogen-bond donors (Lipinski definition) is 0. The molecule has 1 aromatic heterocycles. The van der Waals surface area contributed by atoms with Crippen LogP contribution in [0.1, 0.15) is 0 Å². The first-order valence-electron chi connectivity index (χ1n) is 16.4. The Morgan fingerprint density at radius 1 is 0.354 bits per heavy atom. The zero-order valence-corrected chi connectivity index (χ0v) is 26.1. The van der Waals surface area contributed by atoms with Crippen molar-refractivity contribution in [3.63, 3.8) is 0 Å². The van der Waals surface area contributed by atoms with Gasteiger partial charge in [0.15, 0.2) is 0 Å². The van der Waals surface area contributed by atoms with Crippen LogP contribution in [0.15, 0.2) is 180 Å². The van der Waals surface area contributed by atoms with Crippen LogP contribution < -0.4 is 4.90 Å². The molecule has 2 heteroatoms. The zero-order chi connectivity index (χ0) is 31.6. The number of benzene rings is 9. The van der Waals surface area contributed by atoms with Crippen molar-refractivity contribution in [2.45, 2.75) is 0 Å². The summed E-state index contributed by atoms with van der Waals surface area (Å²) in [6.07, 6.45) is 0. The maximum atomic E-state index is 6.69. The van der Waals surface area contributed by atoms with Crippen molar-refractivity contribution in [3.05, 3.63) is 176 Å². The van der Waals surface area contributed by atoms with E-state index in [1.54, 1.807) is 0 Å². The van der Waals surface area contributed by atoms with E-state index in [4.69, 9.17) is 4.42 Å². The van der Waals surface area contributed by atoms with Crippen molar-refractivity contribution in [1.82, 2.24) is 0 Å². The molecule has 0 saturated carbocycles. The van der Waals surface area contributed by atoms with Crippen LogP contribution in [0.3, 0.4) is 0 Å². The monoisotopic (exact) mass is 611 g/mol. The van der Waals surface area contributed by atoms with Gasteiger partial charge in [-0.2, -0.15) is 0 Å². The maximum absolute atomic E-state index is 6.69. The largest absolute Gasteiger partial charge is 0.455 e. The maximum Gasteiger partial charge on any atom is 0.143 e. The Bertz CT molecular complexity index is 2850. The summed E-state index contributed by atoms with van der Waals surface area (Å²) in [5.41, 5.74) is 7.44. The van der Waals surface area contributed by atoms with Crippen LogP contribution >= 0.6 is 0 Å². The predicted molar refractivity (Wildman–Crippen MR) is 204 cm³/mol. The van der Waals surface area contributed by atoms with Crippen molar-refractivity contribution in [3.8, 4) is 11.1 Å². The molecule has 10 rings (SSSR count). The van der Waals surface area contributed by atoms with E-state index in [-0.39, 0.29) is 0 Å². The third kappa shape index (κ3) is 4.06. The van der Waals surface area contributed by atoms with Crippen LogP contribution in [0.2, 0.25) is 0 Å². The first kappa shape index (κ1) is 26.8. The molecule has 0 N–H and O–H groups in total. The molecule has 0 unspecified atom stereocenters. The molecule has 0 spiro atoms. The normalized spacial score (nSPS) is 11.8. The predicted octanol–water partition coefficient (Wildman–Crippen LogP) is 13.3. The molecule has 0 saturated heterocycles. The lowest BCUT2D eigenvalue weighted by atomic mass is 9.95. The van der Waals surface area contributed by atoms with Crippen LogP contribution in [0.4, 0.5) is 17.1 Å². The van der Waals surface area contributed by atoms with Crippen LogP contribution in [0.5, 0.6) is 0 Å². The summed E-state index contributed by atoms with van der Waals surface area (Å²) in [6, 6.07) is 63.3. The minimum atomic E-state index is 0.875. The Morgan fingerprint density at radius 3 is 1.88 bits per heavy atom. The third-order valence-electron chi connectivity index (χ3n) is 9.80. The van der Waals surface area contributed by atoms with Gasteiger partial charge in [0.2, 0.25) is 0 Å². The average molecular weight is 612 g/mol. The Kier molecular flexibility index (Phi) is 5.91. The van der Waals surface area contributed by atoms with Crippen LogP contribution in [-0.4, -0.2) is 0 Å². The van der Waals surface area contributed by atoms with Gasteiger partial charge in [-0.25, -0.2) is 0 Å². The second-order valence-electron chi connectivity index (χ2n) is 12.5. The van der Waals surface area contributed by atoms with Gasteiger partial charge in [0.25, 0.3) is 0 Å². The van der Waals surface area contributed by atoms with Gasteiger partial charge in [0.1, 0.15) is 11.2 Å². The Labute approximate surface area is 277 Å². The molecule has 2 nitrogen and oxygen atoms in total. The minimum absolute atomic E-state index is 0.875. The molecular formula is C46H29NO. The van der Waals surface area contributed by atoms with Crippen LogP contribution in [0, 0.1) is 0 Å². The fraction of sp³-hybridized carbons (Fsp3) is 0. The summed E-state index contributed by atoms with van der Waals surface area (Å²) in [4.78, 5) is 2.43. The summed E-state index contributed by atoms with van der Waals surface area (Å²) >= 11 is 0. The highest BCUT2D eigenvalue weighted by Gasteiger charge is 2.22. The van der Waals surface area contributed by atoms with Gasteiger partial charge in [-0.1, -0.05) is 140 Å². The number of fused-ring (bicyclic) bond motifs is 10. The molecule has 48 heavy (non-hydrogen) atoms. The fourth-order valence-corrected chi connectivity index (χ4v) is 7.63. The fourth-order valence-electron chi connectivity index (χ4n) is 7.63. The molecule has 9 aromatic carbocycles. The summed E-state index contributed by atoms with van der Waals surface area (Å²) in [6.45, 7) is 0. The lowest BCUT2D eigenvalue weighted by Gasteiger charge is -2.28. The van der Waals surface area contributed by atoms with Gasteiger partial charge in [-0.05, 0) is 79.8 Å². The number of nitrogens with zero attached hydrogens (tertiary/aromatic N) is 1. The summed E-state index contributed by atoms with van der Waals surface area (Å²) in [7, 11) is 0. The Hall–Kier alpha value is -6.38. The van der Waals surface area contributed by atoms with Crippen LogP contribution in [0.25, 0.3) is 76.2 Å². The van der Waals surface area contributed by atoms with Crippen molar-refractivity contribution in [2.24, 2.45) is 0 Å². The SMILES string of the molecule is c1ccc(-c2cccc(N(c3cccc4c3ccc3ccc5ccccc5c34)c3cccc4oc5c6ccccc6ccc5c34)c2)cc1. The van der Waals surface area contributed by atoms with Crippen molar-refractivity contribution in [1.29, 1.82) is 0 Å². The standard InChI is InChI=1S/C46H29NO/c1-2-11-30(12-3-1)34-15-8-16-35(29-34)47(42-21-10-22-43-45(42)40-28-25-32-14-5-7-18-37(32)46(40)48-43)41-20-9-19-39-38(41)27-26-33-24-23-31-13-4-6-17-36(31)44(33)39/h1-29H. The van der Waals surface area contributed by atoms with E-state index >= 15 is 0 Å². The second-order valence-corrected chi connectivity index (χ2v) is 12.5. The number of rotatable bonds is 4. The first-order valence-corrected chi connectivity index (χ1v) is 16.4.